The Kier molecular flexibility index (Phi) is 31.0. The van der Waals surface area contributed by atoms with Crippen LogP contribution in [-0.4, -0.2) is 162 Å². The van der Waals surface area contributed by atoms with Gasteiger partial charge in [0, 0.05) is 86.8 Å². The van der Waals surface area contributed by atoms with Gasteiger partial charge in [-0.2, -0.15) is 0 Å². The second-order valence-electron chi connectivity index (χ2n) is 22.8. The molecule has 0 spiro atoms. The van der Waals surface area contributed by atoms with Gasteiger partial charge in [0.15, 0.2) is 5.96 Å². The lowest BCUT2D eigenvalue weighted by molar-refractivity contribution is -0.135. The number of aromatic amines is 1. The standard InChI is InChI=1S/C62H88Cl2N16O11/c1-35(2)29-47(58(88)75-45(54(66)84)17-12-26-69-62(67)68)74-52(83)34-71-61(91)53(36(3)4)79-55(85)37(5)72-57(87)50(32-41-33-70-44-16-11-10-15-43(41)44)78-56(86)46(22-23-51(65)82)76-60(90)49(30-39-13-8-7-9-14-39)77-59(89)48(73-38(6)81)31-40-18-20-42(21-19-40)80(27-24-63)28-25-64/h7-11,13-16,18-21,33,35-37,45-50,53,70H,12,17,22-32,34H2,1-6H3,(H2,65,82)(H2,66,84)(H,71,91)(H,72,87)(H,73,81)(H,74,83)(H,75,88)(H,76,90)(H,77,89)(H,78,86)(H,79,85)(H4,67,68,69)/t37-,45-,46-,47-,48-,49+,50-,53-/m0/s1. The van der Waals surface area contributed by atoms with Gasteiger partial charge >= 0.3 is 0 Å². The van der Waals surface area contributed by atoms with Crippen LogP contribution in [0, 0.1) is 11.8 Å². The van der Waals surface area contributed by atoms with Crippen molar-refractivity contribution in [3.63, 3.8) is 0 Å². The summed E-state index contributed by atoms with van der Waals surface area (Å²) in [5.41, 5.74) is 25.3. The van der Waals surface area contributed by atoms with E-state index < -0.39 is 132 Å². The van der Waals surface area contributed by atoms with E-state index in [-0.39, 0.29) is 56.9 Å². The minimum atomic E-state index is -1.55. The molecule has 0 saturated carbocycles. The van der Waals surface area contributed by atoms with Gasteiger partial charge in [0.1, 0.15) is 48.3 Å². The molecule has 4 rings (SSSR count). The summed E-state index contributed by atoms with van der Waals surface area (Å²) in [6, 6.07) is 12.7. The van der Waals surface area contributed by atoms with Crippen molar-refractivity contribution in [2.45, 2.75) is 141 Å². The quantitative estimate of drug-likeness (QED) is 0.0121. The molecule has 1 heterocycles. The average molecular weight is 1300 g/mol. The fourth-order valence-electron chi connectivity index (χ4n) is 9.75. The molecule has 0 fully saturated rings. The number of carbonyl (C=O) groups is 11. The number of nitrogens with one attached hydrogen (secondary N) is 10. The highest BCUT2D eigenvalue weighted by molar-refractivity contribution is 6.18. The number of H-pyrrole nitrogens is 1. The topological polar surface area (TPSA) is 432 Å². The van der Waals surface area contributed by atoms with Gasteiger partial charge in [-0.15, -0.1) is 23.2 Å². The van der Waals surface area contributed by atoms with Crippen molar-refractivity contribution in [1.82, 2.24) is 52.8 Å². The van der Waals surface area contributed by atoms with Gasteiger partial charge in [-0.05, 0) is 79.3 Å². The highest BCUT2D eigenvalue weighted by Gasteiger charge is 2.35. The molecule has 18 N–H and O–H groups in total. The average Bonchev–Trinajstić information content (AvgIpc) is 1.89. The number of guanidine groups is 1. The molecule has 0 aliphatic heterocycles. The number of amides is 11. The number of halogens is 2. The molecular weight excluding hydrogens is 1220 g/mol. The molecule has 29 heteroatoms. The third kappa shape index (κ3) is 25.8. The molecule has 3 aromatic carbocycles. The molecule has 1 aromatic heterocycles. The molecular formula is C62H88Cl2N16O11. The molecule has 0 aliphatic rings. The normalized spacial score (nSPS) is 13.7. The van der Waals surface area contributed by atoms with Gasteiger partial charge < -0.3 is 80.7 Å². The van der Waals surface area contributed by atoms with Crippen LogP contribution < -0.4 is 75.7 Å². The molecule has 27 nitrogen and oxygen atoms in total. The Hall–Kier alpha value is -8.98. The number of carbonyl (C=O) groups excluding carboxylic acids is 11. The maximum absolute atomic E-state index is 14.6. The fraction of sp³-hybridized carbons (Fsp3) is 0.484. The predicted molar refractivity (Wildman–Crippen MR) is 348 cm³/mol. The zero-order chi connectivity index (χ0) is 67.3. The van der Waals surface area contributed by atoms with Crippen molar-refractivity contribution in [3.05, 3.63) is 102 Å². The maximum Gasteiger partial charge on any atom is 0.243 e. The van der Waals surface area contributed by atoms with Crippen LogP contribution in [0.1, 0.15) is 90.3 Å². The molecule has 0 saturated heterocycles. The first-order valence-corrected chi connectivity index (χ1v) is 31.1. The number of benzene rings is 3. The summed E-state index contributed by atoms with van der Waals surface area (Å²) in [4.78, 5) is 158. The summed E-state index contributed by atoms with van der Waals surface area (Å²) in [7, 11) is 0. The number of rotatable bonds is 39. The minimum Gasteiger partial charge on any atom is -0.370 e. The van der Waals surface area contributed by atoms with Crippen molar-refractivity contribution in [2.24, 2.45) is 39.8 Å². The first-order valence-electron chi connectivity index (χ1n) is 30.0. The Morgan fingerprint density at radius 2 is 1.10 bits per heavy atom. The number of aromatic nitrogens is 1. The third-order valence-corrected chi connectivity index (χ3v) is 14.8. The number of fused-ring (bicyclic) bond motifs is 1. The van der Waals surface area contributed by atoms with Crippen LogP contribution in [0.5, 0.6) is 0 Å². The molecule has 496 valence electrons. The van der Waals surface area contributed by atoms with E-state index in [1.54, 1.807) is 86.8 Å². The van der Waals surface area contributed by atoms with Gasteiger partial charge in [-0.1, -0.05) is 88.4 Å². The molecule has 4 aromatic rings. The summed E-state index contributed by atoms with van der Waals surface area (Å²) < 4.78 is 0. The first-order chi connectivity index (χ1) is 43.2. The van der Waals surface area contributed by atoms with Crippen LogP contribution in [-0.2, 0) is 72.0 Å². The van der Waals surface area contributed by atoms with Crippen LogP contribution in [0.4, 0.5) is 5.69 Å². The van der Waals surface area contributed by atoms with Gasteiger partial charge in [-0.3, -0.25) is 57.7 Å². The summed E-state index contributed by atoms with van der Waals surface area (Å²) in [6.45, 7) is 10.1. The molecule has 91 heavy (non-hydrogen) atoms. The maximum atomic E-state index is 14.6. The number of nitrogens with two attached hydrogens (primary N) is 4. The van der Waals surface area contributed by atoms with Crippen molar-refractivity contribution in [3.8, 4) is 0 Å². The van der Waals surface area contributed by atoms with Crippen LogP contribution >= 0.6 is 23.2 Å². The summed E-state index contributed by atoms with van der Waals surface area (Å²) in [6.07, 6.45) is 1.22. The smallest absolute Gasteiger partial charge is 0.243 e. The predicted octanol–water partition coefficient (Wildman–Crippen LogP) is 0.0207. The lowest BCUT2D eigenvalue weighted by Crippen LogP contribution is -2.60. The van der Waals surface area contributed by atoms with Gasteiger partial charge in [0.2, 0.25) is 65.0 Å². The highest BCUT2D eigenvalue weighted by atomic mass is 35.5. The van der Waals surface area contributed by atoms with E-state index in [0.717, 1.165) is 5.69 Å². The van der Waals surface area contributed by atoms with Crippen molar-refractivity contribution >= 4 is 111 Å². The Balaban J connectivity index is 1.54. The van der Waals surface area contributed by atoms with Crippen molar-refractivity contribution in [1.29, 1.82) is 0 Å². The first kappa shape index (κ1) is 74.5. The van der Waals surface area contributed by atoms with Gasteiger partial charge in [-0.25, -0.2) is 0 Å². The van der Waals surface area contributed by atoms with E-state index in [9.17, 15) is 52.7 Å². The number of hydrogen-bond acceptors (Lipinski definition) is 13. The van der Waals surface area contributed by atoms with Gasteiger partial charge in [0.05, 0.1) is 6.54 Å². The van der Waals surface area contributed by atoms with E-state index in [4.69, 9.17) is 46.1 Å². The number of aliphatic imine (C=N–C) groups is 1. The largest absolute Gasteiger partial charge is 0.370 e. The lowest BCUT2D eigenvalue weighted by Gasteiger charge is -2.27. The van der Waals surface area contributed by atoms with E-state index in [1.165, 1.54) is 13.8 Å². The lowest BCUT2D eigenvalue weighted by atomic mass is 10.0. The third-order valence-electron chi connectivity index (χ3n) is 14.5. The molecule has 0 unspecified atom stereocenters. The SMILES string of the molecule is CC(=O)N[C@@H](Cc1ccc(N(CCCl)CCCl)cc1)C(=O)N[C@H](Cc1ccccc1)C(=O)N[C@@H](CCC(N)=O)C(=O)N[C@@H](Cc1c[nH]c2ccccc12)C(=O)N[C@@H](C)C(=O)N[C@H](C(=O)NCC(=O)N[C@@H](CC(C)C)C(=O)N[C@@H](CCCN=C(N)N)C(N)=O)C(C)C. The summed E-state index contributed by atoms with van der Waals surface area (Å²) in [5, 5.41) is 24.4. The highest BCUT2D eigenvalue weighted by Crippen LogP contribution is 2.21. The van der Waals surface area contributed by atoms with E-state index in [2.05, 4.69) is 57.8 Å². The summed E-state index contributed by atoms with van der Waals surface area (Å²) in [5.74, 6) is -8.68. The molecule has 0 bridgehead atoms. The van der Waals surface area contributed by atoms with Crippen LogP contribution in [0.25, 0.3) is 10.9 Å². The Bertz CT molecular complexity index is 3140. The number of hydrogen-bond donors (Lipinski definition) is 14. The number of primary amides is 2. The second-order valence-corrected chi connectivity index (χ2v) is 23.5. The zero-order valence-corrected chi connectivity index (χ0v) is 53.7. The zero-order valence-electron chi connectivity index (χ0n) is 52.2. The Morgan fingerprint density at radius 1 is 0.560 bits per heavy atom. The molecule has 11 amide bonds. The van der Waals surface area contributed by atoms with Crippen LogP contribution in [0.3, 0.4) is 0 Å². The van der Waals surface area contributed by atoms with Crippen LogP contribution in [0.15, 0.2) is 90.1 Å². The van der Waals surface area contributed by atoms with E-state index >= 15 is 0 Å². The van der Waals surface area contributed by atoms with Gasteiger partial charge in [0.25, 0.3) is 0 Å². The summed E-state index contributed by atoms with van der Waals surface area (Å²) >= 11 is 12.1. The minimum absolute atomic E-state index is 0.0210. The number of para-hydroxylation sites is 1. The second kappa shape index (κ2) is 37.9. The number of nitrogens with zero attached hydrogens (tertiary/aromatic N) is 2. The Morgan fingerprint density at radius 3 is 1.67 bits per heavy atom. The van der Waals surface area contributed by atoms with E-state index in [1.807, 2.05) is 30.9 Å². The van der Waals surface area contributed by atoms with Crippen molar-refractivity contribution in [2.75, 3.05) is 42.8 Å². The molecule has 8 atom stereocenters. The van der Waals surface area contributed by atoms with Crippen LogP contribution in [0.2, 0.25) is 0 Å². The molecule has 0 aliphatic carbocycles. The van der Waals surface area contributed by atoms with Crippen molar-refractivity contribution < 1.29 is 52.7 Å². The number of anilines is 1. The Labute approximate surface area is 539 Å². The fourth-order valence-corrected chi connectivity index (χ4v) is 10.2. The number of alkyl halides is 2. The monoisotopic (exact) mass is 1300 g/mol. The molecule has 0 radical (unpaired) electrons. The van der Waals surface area contributed by atoms with E-state index in [0.29, 0.717) is 58.9 Å².